The van der Waals surface area contributed by atoms with E-state index in [0.717, 1.165) is 23.8 Å². The van der Waals surface area contributed by atoms with E-state index in [2.05, 4.69) is 18.3 Å². The zero-order valence-electron chi connectivity index (χ0n) is 11.3. The monoisotopic (exact) mass is 249 g/mol. The molecule has 1 saturated carbocycles. The summed E-state index contributed by atoms with van der Waals surface area (Å²) < 4.78 is 5.64. The Balaban J connectivity index is 1.68. The van der Waals surface area contributed by atoms with Crippen molar-refractivity contribution in [2.45, 2.75) is 32.8 Å². The highest BCUT2D eigenvalue weighted by Crippen LogP contribution is 2.27. The molecule has 3 nitrogen and oxygen atoms in total. The smallest absolute Gasteiger partial charge is 0.122 e. The quantitative estimate of drug-likeness (QED) is 0.777. The van der Waals surface area contributed by atoms with Crippen LogP contribution >= 0.6 is 0 Å². The van der Waals surface area contributed by atoms with Gasteiger partial charge in [-0.25, -0.2) is 0 Å². The summed E-state index contributed by atoms with van der Waals surface area (Å²) in [6.45, 7) is 6.08. The lowest BCUT2D eigenvalue weighted by Crippen LogP contribution is -2.32. The number of hydrogen-bond donors (Lipinski definition) is 2. The second-order valence-corrected chi connectivity index (χ2v) is 5.34. The van der Waals surface area contributed by atoms with E-state index in [1.165, 1.54) is 18.4 Å². The van der Waals surface area contributed by atoms with Crippen LogP contribution in [-0.2, 0) is 0 Å². The van der Waals surface area contributed by atoms with Crippen LogP contribution in [0.1, 0.15) is 24.0 Å². The van der Waals surface area contributed by atoms with Crippen molar-refractivity contribution in [3.63, 3.8) is 0 Å². The van der Waals surface area contributed by atoms with Gasteiger partial charge in [-0.3, -0.25) is 0 Å². The zero-order valence-corrected chi connectivity index (χ0v) is 11.3. The standard InChI is InChI=1S/C15H23NO2/c1-11-3-6-15(12(2)7-11)18-10-14(17)9-16-8-13-4-5-13/h3,6-7,13-14,16-17H,4-5,8-10H2,1-2H3. The number of aryl methyl sites for hydroxylation is 2. The molecule has 2 N–H and O–H groups in total. The van der Waals surface area contributed by atoms with Gasteiger partial charge in [-0.05, 0) is 50.8 Å². The van der Waals surface area contributed by atoms with Crippen LogP contribution in [0.2, 0.25) is 0 Å². The number of aliphatic hydroxyl groups excluding tert-OH is 1. The van der Waals surface area contributed by atoms with Crippen molar-refractivity contribution in [2.24, 2.45) is 5.92 Å². The van der Waals surface area contributed by atoms with E-state index in [4.69, 9.17) is 4.74 Å². The predicted molar refractivity (Wildman–Crippen MR) is 73.0 cm³/mol. The summed E-state index contributed by atoms with van der Waals surface area (Å²) in [6, 6.07) is 6.09. The molecule has 2 rings (SSSR count). The van der Waals surface area contributed by atoms with Crippen LogP contribution in [0.5, 0.6) is 5.75 Å². The van der Waals surface area contributed by atoms with Gasteiger partial charge in [0.05, 0.1) is 0 Å². The molecule has 0 aliphatic heterocycles. The molecule has 0 spiro atoms. The minimum Gasteiger partial charge on any atom is -0.491 e. The van der Waals surface area contributed by atoms with Crippen LogP contribution in [0.4, 0.5) is 0 Å². The zero-order chi connectivity index (χ0) is 13.0. The normalized spacial score (nSPS) is 16.6. The molecule has 100 valence electrons. The van der Waals surface area contributed by atoms with E-state index >= 15 is 0 Å². The van der Waals surface area contributed by atoms with Gasteiger partial charge in [0.1, 0.15) is 18.5 Å². The molecule has 0 radical (unpaired) electrons. The van der Waals surface area contributed by atoms with E-state index in [9.17, 15) is 5.11 Å². The maximum Gasteiger partial charge on any atom is 0.122 e. The molecule has 1 fully saturated rings. The largest absolute Gasteiger partial charge is 0.491 e. The van der Waals surface area contributed by atoms with Crippen LogP contribution in [0.25, 0.3) is 0 Å². The Labute approximate surface area is 109 Å². The van der Waals surface area contributed by atoms with E-state index in [-0.39, 0.29) is 0 Å². The fourth-order valence-electron chi connectivity index (χ4n) is 1.98. The first-order valence-corrected chi connectivity index (χ1v) is 6.74. The van der Waals surface area contributed by atoms with Crippen molar-refractivity contribution in [3.05, 3.63) is 29.3 Å². The topological polar surface area (TPSA) is 41.5 Å². The van der Waals surface area contributed by atoms with Gasteiger partial charge in [0.25, 0.3) is 0 Å². The molecule has 1 aromatic carbocycles. The molecule has 0 bridgehead atoms. The van der Waals surface area contributed by atoms with Gasteiger partial charge >= 0.3 is 0 Å². The third-order valence-corrected chi connectivity index (χ3v) is 3.27. The summed E-state index contributed by atoms with van der Waals surface area (Å²) in [5, 5.41) is 13.1. The van der Waals surface area contributed by atoms with Gasteiger partial charge in [0.15, 0.2) is 0 Å². The summed E-state index contributed by atoms with van der Waals surface area (Å²) in [4.78, 5) is 0. The Hall–Kier alpha value is -1.06. The summed E-state index contributed by atoms with van der Waals surface area (Å²) >= 11 is 0. The molecule has 1 atom stereocenters. The maximum absolute atomic E-state index is 9.80. The highest BCUT2D eigenvalue weighted by Gasteiger charge is 2.20. The highest BCUT2D eigenvalue weighted by atomic mass is 16.5. The molecule has 18 heavy (non-hydrogen) atoms. The van der Waals surface area contributed by atoms with E-state index in [1.807, 2.05) is 19.1 Å². The Bertz CT molecular complexity index is 388. The lowest BCUT2D eigenvalue weighted by atomic mass is 10.1. The average molecular weight is 249 g/mol. The Morgan fingerprint density at radius 1 is 1.39 bits per heavy atom. The Kier molecular flexibility index (Phi) is 4.61. The number of hydrogen-bond acceptors (Lipinski definition) is 3. The highest BCUT2D eigenvalue weighted by molar-refractivity contribution is 5.35. The van der Waals surface area contributed by atoms with Crippen LogP contribution in [0.15, 0.2) is 18.2 Å². The number of ether oxygens (including phenoxy) is 1. The molecule has 0 saturated heterocycles. The van der Waals surface area contributed by atoms with Crippen LogP contribution in [0.3, 0.4) is 0 Å². The van der Waals surface area contributed by atoms with Crippen LogP contribution in [-0.4, -0.2) is 30.9 Å². The second-order valence-electron chi connectivity index (χ2n) is 5.34. The third kappa shape index (κ3) is 4.31. The summed E-state index contributed by atoms with van der Waals surface area (Å²) in [7, 11) is 0. The number of nitrogens with one attached hydrogen (secondary N) is 1. The molecule has 1 aliphatic rings. The van der Waals surface area contributed by atoms with Crippen molar-refractivity contribution in [1.82, 2.24) is 5.32 Å². The van der Waals surface area contributed by atoms with E-state index in [0.29, 0.717) is 13.2 Å². The van der Waals surface area contributed by atoms with Gasteiger partial charge in [-0.2, -0.15) is 0 Å². The fourth-order valence-corrected chi connectivity index (χ4v) is 1.98. The molecule has 1 unspecified atom stereocenters. The maximum atomic E-state index is 9.80. The lowest BCUT2D eigenvalue weighted by Gasteiger charge is -2.14. The first-order valence-electron chi connectivity index (χ1n) is 6.74. The van der Waals surface area contributed by atoms with Gasteiger partial charge < -0.3 is 15.2 Å². The molecule has 1 aromatic rings. The number of aliphatic hydroxyl groups is 1. The molecule has 3 heteroatoms. The van der Waals surface area contributed by atoms with Crippen molar-refractivity contribution in [1.29, 1.82) is 0 Å². The average Bonchev–Trinajstić information content (AvgIpc) is 3.12. The minimum atomic E-state index is -0.440. The van der Waals surface area contributed by atoms with E-state index in [1.54, 1.807) is 0 Å². The lowest BCUT2D eigenvalue weighted by molar-refractivity contribution is 0.106. The van der Waals surface area contributed by atoms with Crippen molar-refractivity contribution in [2.75, 3.05) is 19.7 Å². The van der Waals surface area contributed by atoms with Crippen molar-refractivity contribution in [3.8, 4) is 5.75 Å². The third-order valence-electron chi connectivity index (χ3n) is 3.27. The summed E-state index contributed by atoms with van der Waals surface area (Å²) in [5.74, 6) is 1.71. The first-order chi connectivity index (χ1) is 8.65. The SMILES string of the molecule is Cc1ccc(OCC(O)CNCC2CC2)c(C)c1. The van der Waals surface area contributed by atoms with Crippen molar-refractivity contribution >= 4 is 0 Å². The predicted octanol–water partition coefficient (Wildman–Crippen LogP) is 2.04. The summed E-state index contributed by atoms with van der Waals surface area (Å²) in [6.07, 6.45) is 2.23. The first kappa shape index (κ1) is 13.4. The Morgan fingerprint density at radius 2 is 2.17 bits per heavy atom. The van der Waals surface area contributed by atoms with E-state index < -0.39 is 6.10 Å². The number of benzene rings is 1. The van der Waals surface area contributed by atoms with Crippen LogP contribution < -0.4 is 10.1 Å². The number of rotatable bonds is 7. The fraction of sp³-hybridized carbons (Fsp3) is 0.600. The molecular formula is C15H23NO2. The van der Waals surface area contributed by atoms with Gasteiger partial charge in [-0.1, -0.05) is 17.7 Å². The second kappa shape index (κ2) is 6.21. The van der Waals surface area contributed by atoms with Crippen LogP contribution in [0, 0.1) is 19.8 Å². The molecular weight excluding hydrogens is 226 g/mol. The molecule has 0 heterocycles. The van der Waals surface area contributed by atoms with Gasteiger partial charge in [0, 0.05) is 6.54 Å². The summed E-state index contributed by atoms with van der Waals surface area (Å²) in [5.41, 5.74) is 2.35. The Morgan fingerprint density at radius 3 is 2.83 bits per heavy atom. The molecule has 0 amide bonds. The minimum absolute atomic E-state index is 0.349. The molecule has 1 aliphatic carbocycles. The van der Waals surface area contributed by atoms with Gasteiger partial charge in [-0.15, -0.1) is 0 Å². The van der Waals surface area contributed by atoms with Crippen molar-refractivity contribution < 1.29 is 9.84 Å². The molecule has 0 aromatic heterocycles. The van der Waals surface area contributed by atoms with Gasteiger partial charge in [0.2, 0.25) is 0 Å².